The van der Waals surface area contributed by atoms with Gasteiger partial charge in [-0.3, -0.25) is 4.68 Å². The van der Waals surface area contributed by atoms with Crippen molar-refractivity contribution in [3.8, 4) is 0 Å². The molecule has 0 atom stereocenters. The van der Waals surface area contributed by atoms with Gasteiger partial charge in [-0.05, 0) is 13.8 Å². The molecule has 4 nitrogen and oxygen atoms in total. The van der Waals surface area contributed by atoms with Crippen molar-refractivity contribution < 1.29 is 22.7 Å². The number of ether oxygens (including phenoxy) is 1. The zero-order valence-electron chi connectivity index (χ0n) is 8.84. The number of nitrogens with zero attached hydrogens (tertiary/aromatic N) is 2. The number of aryl methyl sites for hydroxylation is 1. The van der Waals surface area contributed by atoms with Crippen molar-refractivity contribution in [1.82, 2.24) is 9.78 Å². The van der Waals surface area contributed by atoms with Crippen LogP contribution in [0.4, 0.5) is 13.2 Å². The van der Waals surface area contributed by atoms with Crippen LogP contribution in [0.1, 0.15) is 29.9 Å². The number of halogens is 3. The molecule has 90 valence electrons. The number of alkyl halides is 3. The van der Waals surface area contributed by atoms with E-state index in [4.69, 9.17) is 0 Å². The molecule has 0 bridgehead atoms. The van der Waals surface area contributed by atoms with Crippen LogP contribution in [0.25, 0.3) is 0 Å². The maximum absolute atomic E-state index is 12.5. The van der Waals surface area contributed by atoms with Gasteiger partial charge in [0.2, 0.25) is 0 Å². The Morgan fingerprint density at radius 1 is 1.50 bits per heavy atom. The fraction of sp³-hybridized carbons (Fsp3) is 0.556. The summed E-state index contributed by atoms with van der Waals surface area (Å²) in [5.41, 5.74) is -1.75. The Bertz CT molecular complexity index is 385. The van der Waals surface area contributed by atoms with E-state index in [0.717, 1.165) is 10.9 Å². The van der Waals surface area contributed by atoms with Crippen molar-refractivity contribution in [2.24, 2.45) is 0 Å². The third-order valence-corrected chi connectivity index (χ3v) is 1.85. The minimum Gasteiger partial charge on any atom is -0.462 e. The highest BCUT2D eigenvalue weighted by Crippen LogP contribution is 2.30. The molecule has 0 aliphatic rings. The predicted molar refractivity (Wildman–Crippen MR) is 48.9 cm³/mol. The Morgan fingerprint density at radius 3 is 2.56 bits per heavy atom. The van der Waals surface area contributed by atoms with Gasteiger partial charge in [-0.2, -0.15) is 18.3 Å². The van der Waals surface area contributed by atoms with E-state index in [1.54, 1.807) is 6.92 Å². The van der Waals surface area contributed by atoms with E-state index in [-0.39, 0.29) is 13.2 Å². The van der Waals surface area contributed by atoms with Crippen LogP contribution in [-0.4, -0.2) is 22.4 Å². The SMILES string of the molecule is CCOC(=O)c1cn(CC)nc1C(F)(F)F. The van der Waals surface area contributed by atoms with E-state index in [0.29, 0.717) is 0 Å². The van der Waals surface area contributed by atoms with Crippen molar-refractivity contribution in [3.05, 3.63) is 17.5 Å². The molecule has 0 radical (unpaired) electrons. The number of aromatic nitrogens is 2. The summed E-state index contributed by atoms with van der Waals surface area (Å²) in [4.78, 5) is 11.3. The molecule has 0 unspecified atom stereocenters. The topological polar surface area (TPSA) is 44.1 Å². The fourth-order valence-electron chi connectivity index (χ4n) is 1.15. The summed E-state index contributed by atoms with van der Waals surface area (Å²) >= 11 is 0. The average molecular weight is 236 g/mol. The number of carbonyl (C=O) groups excluding carboxylic acids is 1. The molecular formula is C9H11F3N2O2. The Labute approximate surface area is 90.0 Å². The third kappa shape index (κ3) is 2.53. The standard InChI is InChI=1S/C9H11F3N2O2/c1-3-14-5-6(8(15)16-4-2)7(13-14)9(10,11)12/h5H,3-4H2,1-2H3. The van der Waals surface area contributed by atoms with Gasteiger partial charge in [0.05, 0.1) is 6.61 Å². The quantitative estimate of drug-likeness (QED) is 0.755. The molecule has 0 amide bonds. The Kier molecular flexibility index (Phi) is 3.56. The second kappa shape index (κ2) is 4.54. The molecule has 1 rings (SSSR count). The summed E-state index contributed by atoms with van der Waals surface area (Å²) in [5, 5.41) is 3.29. The van der Waals surface area contributed by atoms with Crippen LogP contribution in [-0.2, 0) is 17.5 Å². The summed E-state index contributed by atoms with van der Waals surface area (Å²) in [5.74, 6) is -1.01. The number of rotatable bonds is 3. The van der Waals surface area contributed by atoms with Crippen molar-refractivity contribution in [2.45, 2.75) is 26.6 Å². The molecule has 7 heteroatoms. The zero-order valence-corrected chi connectivity index (χ0v) is 8.84. The monoisotopic (exact) mass is 236 g/mol. The summed E-state index contributed by atoms with van der Waals surface area (Å²) in [6.07, 6.45) is -3.61. The Hall–Kier alpha value is -1.53. The van der Waals surface area contributed by atoms with E-state index < -0.39 is 23.4 Å². The highest BCUT2D eigenvalue weighted by molar-refractivity contribution is 5.90. The van der Waals surface area contributed by atoms with Crippen LogP contribution in [0.15, 0.2) is 6.20 Å². The Balaban J connectivity index is 3.15. The van der Waals surface area contributed by atoms with Crippen molar-refractivity contribution >= 4 is 5.97 Å². The van der Waals surface area contributed by atoms with Crippen molar-refractivity contribution in [3.63, 3.8) is 0 Å². The van der Waals surface area contributed by atoms with Gasteiger partial charge in [0.15, 0.2) is 5.69 Å². The molecular weight excluding hydrogens is 225 g/mol. The number of esters is 1. The van der Waals surface area contributed by atoms with Crippen molar-refractivity contribution in [2.75, 3.05) is 6.61 Å². The molecule has 0 fully saturated rings. The summed E-state index contributed by atoms with van der Waals surface area (Å²) in [6, 6.07) is 0. The smallest absolute Gasteiger partial charge is 0.436 e. The van der Waals surface area contributed by atoms with Gasteiger partial charge in [0, 0.05) is 12.7 Å². The average Bonchev–Trinajstić information content (AvgIpc) is 2.61. The first-order chi connectivity index (χ1) is 7.40. The highest BCUT2D eigenvalue weighted by atomic mass is 19.4. The molecule has 1 aromatic heterocycles. The molecule has 1 aromatic rings. The van der Waals surface area contributed by atoms with Crippen LogP contribution < -0.4 is 0 Å². The van der Waals surface area contributed by atoms with Gasteiger partial charge in [-0.15, -0.1) is 0 Å². The lowest BCUT2D eigenvalue weighted by molar-refractivity contribution is -0.142. The number of carbonyl (C=O) groups is 1. The van der Waals surface area contributed by atoms with Gasteiger partial charge in [-0.1, -0.05) is 0 Å². The maximum Gasteiger partial charge on any atom is 0.436 e. The number of hydrogen-bond acceptors (Lipinski definition) is 3. The second-order valence-corrected chi connectivity index (χ2v) is 2.97. The normalized spacial score (nSPS) is 11.6. The predicted octanol–water partition coefficient (Wildman–Crippen LogP) is 2.10. The van der Waals surface area contributed by atoms with Gasteiger partial charge in [-0.25, -0.2) is 4.79 Å². The van der Waals surface area contributed by atoms with E-state index >= 15 is 0 Å². The van der Waals surface area contributed by atoms with Crippen molar-refractivity contribution in [1.29, 1.82) is 0 Å². The Morgan fingerprint density at radius 2 is 2.12 bits per heavy atom. The molecule has 0 aromatic carbocycles. The summed E-state index contributed by atoms with van der Waals surface area (Å²) in [6.45, 7) is 3.42. The molecule has 0 aliphatic heterocycles. The molecule has 16 heavy (non-hydrogen) atoms. The first-order valence-corrected chi connectivity index (χ1v) is 4.71. The molecule has 0 spiro atoms. The maximum atomic E-state index is 12.5. The fourth-order valence-corrected chi connectivity index (χ4v) is 1.15. The molecule has 0 saturated carbocycles. The molecule has 0 aliphatic carbocycles. The molecule has 0 saturated heterocycles. The van der Waals surface area contributed by atoms with E-state index in [1.165, 1.54) is 6.92 Å². The first-order valence-electron chi connectivity index (χ1n) is 4.71. The summed E-state index contributed by atoms with van der Waals surface area (Å²) in [7, 11) is 0. The largest absolute Gasteiger partial charge is 0.462 e. The lowest BCUT2D eigenvalue weighted by Crippen LogP contribution is -2.14. The molecule has 0 N–H and O–H groups in total. The first kappa shape index (κ1) is 12.5. The minimum absolute atomic E-state index is 0.0213. The third-order valence-electron chi connectivity index (χ3n) is 1.85. The lowest BCUT2D eigenvalue weighted by atomic mass is 10.2. The number of hydrogen-bond donors (Lipinski definition) is 0. The van der Waals surface area contributed by atoms with E-state index in [9.17, 15) is 18.0 Å². The van der Waals surface area contributed by atoms with Gasteiger partial charge in [0.1, 0.15) is 5.56 Å². The minimum atomic E-state index is -4.65. The lowest BCUT2D eigenvalue weighted by Gasteiger charge is -2.04. The van der Waals surface area contributed by atoms with Crippen LogP contribution >= 0.6 is 0 Å². The van der Waals surface area contributed by atoms with Crippen LogP contribution in [0, 0.1) is 0 Å². The van der Waals surface area contributed by atoms with E-state index in [2.05, 4.69) is 9.84 Å². The van der Waals surface area contributed by atoms with Gasteiger partial charge in [0.25, 0.3) is 0 Å². The van der Waals surface area contributed by atoms with Crippen LogP contribution in [0.5, 0.6) is 0 Å². The second-order valence-electron chi connectivity index (χ2n) is 2.97. The molecule has 1 heterocycles. The van der Waals surface area contributed by atoms with Crippen LogP contribution in [0.2, 0.25) is 0 Å². The zero-order chi connectivity index (χ0) is 12.3. The summed E-state index contributed by atoms with van der Waals surface area (Å²) < 4.78 is 43.1. The van der Waals surface area contributed by atoms with Crippen LogP contribution in [0.3, 0.4) is 0 Å². The van der Waals surface area contributed by atoms with Gasteiger partial charge < -0.3 is 4.74 Å². The highest BCUT2D eigenvalue weighted by Gasteiger charge is 2.39. The van der Waals surface area contributed by atoms with Gasteiger partial charge >= 0.3 is 12.1 Å². The van der Waals surface area contributed by atoms with E-state index in [1.807, 2.05) is 0 Å².